The number of fused-ring (bicyclic) bond motifs is 1. The summed E-state index contributed by atoms with van der Waals surface area (Å²) >= 11 is 3.48. The quantitative estimate of drug-likeness (QED) is 0.761. The lowest BCUT2D eigenvalue weighted by atomic mass is 10.2. The van der Waals surface area contributed by atoms with Crippen molar-refractivity contribution in [1.82, 2.24) is 4.98 Å². The Balaban J connectivity index is 2.84. The van der Waals surface area contributed by atoms with Crippen LogP contribution in [0.4, 0.5) is 0 Å². The summed E-state index contributed by atoms with van der Waals surface area (Å²) in [7, 11) is 1.63. The van der Waals surface area contributed by atoms with E-state index in [-0.39, 0.29) is 0 Å². The number of aromatic nitrogens is 1. The van der Waals surface area contributed by atoms with Crippen LogP contribution >= 0.6 is 15.9 Å². The highest BCUT2D eigenvalue weighted by atomic mass is 79.9. The molecule has 0 N–H and O–H groups in total. The molecule has 3 heteroatoms. The minimum absolute atomic E-state index is 0.666. The highest BCUT2D eigenvalue weighted by Crippen LogP contribution is 2.28. The van der Waals surface area contributed by atoms with Crippen LogP contribution in [0.1, 0.15) is 0 Å². The van der Waals surface area contributed by atoms with E-state index in [2.05, 4.69) is 20.9 Å². The van der Waals surface area contributed by atoms with Crippen LogP contribution in [-0.2, 0) is 0 Å². The average molecular weight is 238 g/mol. The van der Waals surface area contributed by atoms with Gasteiger partial charge in [-0.15, -0.1) is 0 Å². The summed E-state index contributed by atoms with van der Waals surface area (Å²) < 4.78 is 6.21. The highest BCUT2D eigenvalue weighted by molar-refractivity contribution is 9.10. The summed E-state index contributed by atoms with van der Waals surface area (Å²) in [5, 5.41) is 2.15. The van der Waals surface area contributed by atoms with Crippen LogP contribution < -0.4 is 4.74 Å². The van der Waals surface area contributed by atoms with Gasteiger partial charge in [-0.2, -0.15) is 0 Å². The molecule has 0 bridgehead atoms. The normalized spacial score (nSPS) is 10.3. The van der Waals surface area contributed by atoms with Gasteiger partial charge in [0.15, 0.2) is 0 Å². The predicted molar refractivity (Wildman–Crippen MR) is 56.0 cm³/mol. The third-order valence-electron chi connectivity index (χ3n) is 1.91. The number of ether oxygens (including phenoxy) is 1. The zero-order valence-electron chi connectivity index (χ0n) is 7.12. The van der Waals surface area contributed by atoms with E-state index in [1.807, 2.05) is 24.3 Å². The van der Waals surface area contributed by atoms with Crippen molar-refractivity contribution >= 4 is 26.7 Å². The minimum Gasteiger partial charge on any atom is -0.481 e. The molecule has 0 spiro atoms. The summed E-state index contributed by atoms with van der Waals surface area (Å²) in [6.07, 6.45) is 1.74. The molecule has 2 rings (SSSR count). The zero-order chi connectivity index (χ0) is 9.26. The Labute approximate surface area is 84.7 Å². The molecule has 0 atom stereocenters. The van der Waals surface area contributed by atoms with E-state index in [9.17, 15) is 0 Å². The van der Waals surface area contributed by atoms with Crippen molar-refractivity contribution in [2.45, 2.75) is 0 Å². The Morgan fingerprint density at radius 2 is 2.08 bits per heavy atom. The molecule has 0 amide bonds. The van der Waals surface area contributed by atoms with Crippen molar-refractivity contribution < 1.29 is 4.74 Å². The molecule has 2 aromatic rings. The van der Waals surface area contributed by atoms with E-state index in [0.717, 1.165) is 15.2 Å². The van der Waals surface area contributed by atoms with Gasteiger partial charge in [0, 0.05) is 21.4 Å². The third kappa shape index (κ3) is 1.40. The second-order valence-corrected chi connectivity index (χ2v) is 3.51. The minimum atomic E-state index is 0.666. The molecule has 0 fully saturated rings. The number of benzene rings is 1. The van der Waals surface area contributed by atoms with E-state index in [1.54, 1.807) is 13.3 Å². The van der Waals surface area contributed by atoms with Crippen LogP contribution in [0.15, 0.2) is 34.9 Å². The molecule has 0 unspecified atom stereocenters. The van der Waals surface area contributed by atoms with Crippen LogP contribution in [0.3, 0.4) is 0 Å². The predicted octanol–water partition coefficient (Wildman–Crippen LogP) is 3.01. The molecule has 1 aromatic heterocycles. The van der Waals surface area contributed by atoms with Crippen LogP contribution in [-0.4, -0.2) is 12.1 Å². The molecule has 0 aliphatic rings. The molecular weight excluding hydrogens is 230 g/mol. The smallest absolute Gasteiger partial charge is 0.221 e. The molecule has 1 aromatic carbocycles. The van der Waals surface area contributed by atoms with Crippen LogP contribution in [0.2, 0.25) is 0 Å². The Morgan fingerprint density at radius 3 is 2.85 bits per heavy atom. The number of hydrogen-bond donors (Lipinski definition) is 0. The summed E-state index contributed by atoms with van der Waals surface area (Å²) in [6, 6.07) is 7.92. The zero-order valence-corrected chi connectivity index (χ0v) is 8.71. The lowest BCUT2D eigenvalue weighted by Crippen LogP contribution is -1.88. The number of nitrogens with zero attached hydrogens (tertiary/aromatic N) is 1. The topological polar surface area (TPSA) is 22.1 Å². The molecule has 66 valence electrons. The van der Waals surface area contributed by atoms with Crippen molar-refractivity contribution in [1.29, 1.82) is 0 Å². The van der Waals surface area contributed by atoms with Gasteiger partial charge in [-0.3, -0.25) is 0 Å². The van der Waals surface area contributed by atoms with Crippen molar-refractivity contribution in [3.8, 4) is 5.88 Å². The Bertz CT molecular complexity index is 442. The largest absolute Gasteiger partial charge is 0.481 e. The van der Waals surface area contributed by atoms with E-state index >= 15 is 0 Å². The number of rotatable bonds is 1. The Morgan fingerprint density at radius 1 is 1.23 bits per heavy atom. The van der Waals surface area contributed by atoms with Gasteiger partial charge in [-0.05, 0) is 18.2 Å². The fraction of sp³-hybridized carbons (Fsp3) is 0.100. The molecule has 0 radical (unpaired) electrons. The van der Waals surface area contributed by atoms with Crippen LogP contribution in [0.5, 0.6) is 5.88 Å². The number of pyridine rings is 1. The van der Waals surface area contributed by atoms with Crippen molar-refractivity contribution in [2.24, 2.45) is 0 Å². The van der Waals surface area contributed by atoms with Crippen molar-refractivity contribution in [2.75, 3.05) is 7.11 Å². The first-order chi connectivity index (χ1) is 6.33. The maximum Gasteiger partial charge on any atom is 0.221 e. The van der Waals surface area contributed by atoms with Gasteiger partial charge in [-0.25, -0.2) is 4.98 Å². The SMILES string of the molecule is COc1nccc2c(Br)cccc12. The summed E-state index contributed by atoms with van der Waals surface area (Å²) in [5.41, 5.74) is 0. The van der Waals surface area contributed by atoms with Crippen LogP contribution in [0, 0.1) is 0 Å². The Hall–Kier alpha value is -1.09. The van der Waals surface area contributed by atoms with Crippen molar-refractivity contribution in [3.05, 3.63) is 34.9 Å². The molecule has 1 heterocycles. The molecular formula is C10H8BrNO. The number of methoxy groups -OCH3 is 1. The lowest BCUT2D eigenvalue weighted by Gasteiger charge is -2.04. The monoisotopic (exact) mass is 237 g/mol. The van der Waals surface area contributed by atoms with Gasteiger partial charge < -0.3 is 4.74 Å². The van der Waals surface area contributed by atoms with Gasteiger partial charge in [0.1, 0.15) is 0 Å². The standard InChI is InChI=1S/C10H8BrNO/c1-13-10-8-3-2-4-9(11)7(8)5-6-12-10/h2-6H,1H3. The number of halogens is 1. The second kappa shape index (κ2) is 3.34. The van der Waals surface area contributed by atoms with Gasteiger partial charge >= 0.3 is 0 Å². The first kappa shape index (κ1) is 8.51. The first-order valence-corrected chi connectivity index (χ1v) is 4.69. The van der Waals surface area contributed by atoms with E-state index in [0.29, 0.717) is 5.88 Å². The van der Waals surface area contributed by atoms with Crippen molar-refractivity contribution in [3.63, 3.8) is 0 Å². The third-order valence-corrected chi connectivity index (χ3v) is 2.60. The van der Waals surface area contributed by atoms with Gasteiger partial charge in [0.2, 0.25) is 5.88 Å². The summed E-state index contributed by atoms with van der Waals surface area (Å²) in [4.78, 5) is 4.12. The molecule has 2 nitrogen and oxygen atoms in total. The maximum atomic E-state index is 5.15. The fourth-order valence-corrected chi connectivity index (χ4v) is 1.80. The van der Waals surface area contributed by atoms with Gasteiger partial charge in [-0.1, -0.05) is 22.0 Å². The lowest BCUT2D eigenvalue weighted by molar-refractivity contribution is 0.403. The highest BCUT2D eigenvalue weighted by Gasteiger charge is 2.03. The maximum absolute atomic E-state index is 5.15. The molecule has 0 aliphatic carbocycles. The Kier molecular flexibility index (Phi) is 2.19. The molecule has 0 saturated carbocycles. The molecule has 0 saturated heterocycles. The summed E-state index contributed by atoms with van der Waals surface area (Å²) in [5.74, 6) is 0.666. The van der Waals surface area contributed by atoms with Crippen LogP contribution in [0.25, 0.3) is 10.8 Å². The molecule has 0 aliphatic heterocycles. The van der Waals surface area contributed by atoms with E-state index in [1.165, 1.54) is 0 Å². The first-order valence-electron chi connectivity index (χ1n) is 3.90. The molecule has 13 heavy (non-hydrogen) atoms. The average Bonchev–Trinajstić information content (AvgIpc) is 2.18. The van der Waals surface area contributed by atoms with Gasteiger partial charge in [0.25, 0.3) is 0 Å². The number of hydrogen-bond acceptors (Lipinski definition) is 2. The fourth-order valence-electron chi connectivity index (χ4n) is 1.30. The second-order valence-electron chi connectivity index (χ2n) is 2.66. The van der Waals surface area contributed by atoms with E-state index < -0.39 is 0 Å². The van der Waals surface area contributed by atoms with E-state index in [4.69, 9.17) is 4.74 Å². The summed E-state index contributed by atoms with van der Waals surface area (Å²) in [6.45, 7) is 0. The van der Waals surface area contributed by atoms with Gasteiger partial charge in [0.05, 0.1) is 7.11 Å².